The van der Waals surface area contributed by atoms with Gasteiger partial charge >= 0.3 is 0 Å². The fourth-order valence-corrected chi connectivity index (χ4v) is 8.13. The second kappa shape index (κ2) is 10.8. The standard InChI is InChI=1S/C46H29N5/c1-3-15-30(16-4-1)37-29-43(50-39-24-12-7-19-32(39)33-20-8-13-25-40(33)50)48-46(47-37)51-41-26-14-10-22-36(41)44-42(51)28-27-35-34-21-9-11-23-38(34)49(45(35)44)31-17-5-2-6-18-31/h1-29H. The van der Waals surface area contributed by atoms with E-state index >= 15 is 0 Å². The van der Waals surface area contributed by atoms with Crippen molar-refractivity contribution < 1.29 is 0 Å². The van der Waals surface area contributed by atoms with Crippen LogP contribution >= 0.6 is 0 Å². The third kappa shape index (κ3) is 4.03. The molecule has 0 bridgehead atoms. The third-order valence-corrected chi connectivity index (χ3v) is 10.3. The molecule has 0 saturated heterocycles. The second-order valence-corrected chi connectivity index (χ2v) is 13.0. The number of benzene rings is 7. The van der Waals surface area contributed by atoms with E-state index in [2.05, 4.69) is 184 Å². The Kier molecular flexibility index (Phi) is 5.89. The number of hydrogen-bond donors (Lipinski definition) is 0. The van der Waals surface area contributed by atoms with Crippen molar-refractivity contribution in [2.24, 2.45) is 0 Å². The summed E-state index contributed by atoms with van der Waals surface area (Å²) in [6.45, 7) is 0. The summed E-state index contributed by atoms with van der Waals surface area (Å²) in [4.78, 5) is 10.8. The van der Waals surface area contributed by atoms with Crippen molar-refractivity contribution in [3.05, 3.63) is 176 Å². The molecule has 0 saturated carbocycles. The van der Waals surface area contributed by atoms with Gasteiger partial charge in [0.05, 0.1) is 38.8 Å². The lowest BCUT2D eigenvalue weighted by atomic mass is 10.1. The van der Waals surface area contributed by atoms with Crippen LogP contribution in [-0.2, 0) is 0 Å². The lowest BCUT2D eigenvalue weighted by Crippen LogP contribution is -2.07. The van der Waals surface area contributed by atoms with Crippen molar-refractivity contribution in [3.8, 4) is 28.7 Å². The number of rotatable bonds is 4. The normalized spacial score (nSPS) is 11.9. The van der Waals surface area contributed by atoms with Gasteiger partial charge in [0.25, 0.3) is 0 Å². The molecule has 0 aliphatic rings. The van der Waals surface area contributed by atoms with Crippen molar-refractivity contribution in [3.63, 3.8) is 0 Å². The Morgan fingerprint density at radius 3 is 1.51 bits per heavy atom. The molecule has 11 aromatic rings. The van der Waals surface area contributed by atoms with Gasteiger partial charge in [0.2, 0.25) is 5.95 Å². The van der Waals surface area contributed by atoms with Gasteiger partial charge in [0.1, 0.15) is 5.82 Å². The summed E-state index contributed by atoms with van der Waals surface area (Å²) < 4.78 is 6.94. The highest BCUT2D eigenvalue weighted by Gasteiger charge is 2.23. The molecule has 0 N–H and O–H groups in total. The first kappa shape index (κ1) is 27.9. The average Bonchev–Trinajstić information content (AvgIpc) is 3.84. The predicted molar refractivity (Wildman–Crippen MR) is 210 cm³/mol. The minimum Gasteiger partial charge on any atom is -0.309 e. The zero-order valence-electron chi connectivity index (χ0n) is 27.5. The molecular weight excluding hydrogens is 623 g/mol. The van der Waals surface area contributed by atoms with E-state index in [9.17, 15) is 0 Å². The molecule has 0 radical (unpaired) electrons. The molecule has 0 fully saturated rings. The van der Waals surface area contributed by atoms with Crippen molar-refractivity contribution in [2.75, 3.05) is 0 Å². The summed E-state index contributed by atoms with van der Waals surface area (Å²) in [6, 6.07) is 62.2. The lowest BCUT2D eigenvalue weighted by molar-refractivity contribution is 0.952. The van der Waals surface area contributed by atoms with Crippen LogP contribution in [0.15, 0.2) is 176 Å². The Labute approximate surface area is 292 Å². The van der Waals surface area contributed by atoms with E-state index in [1.54, 1.807) is 0 Å². The molecule has 5 heteroatoms. The van der Waals surface area contributed by atoms with E-state index in [0.717, 1.165) is 50.2 Å². The maximum Gasteiger partial charge on any atom is 0.237 e. The van der Waals surface area contributed by atoms with Gasteiger partial charge in [-0.25, -0.2) is 4.98 Å². The molecule has 7 aromatic carbocycles. The average molecular weight is 652 g/mol. The number of hydrogen-bond acceptors (Lipinski definition) is 2. The van der Waals surface area contributed by atoms with Gasteiger partial charge in [-0.3, -0.25) is 9.13 Å². The van der Waals surface area contributed by atoms with E-state index in [1.165, 1.54) is 38.0 Å². The summed E-state index contributed by atoms with van der Waals surface area (Å²) >= 11 is 0. The van der Waals surface area contributed by atoms with E-state index in [4.69, 9.17) is 9.97 Å². The molecule has 0 spiro atoms. The van der Waals surface area contributed by atoms with Gasteiger partial charge in [0, 0.05) is 49.6 Å². The van der Waals surface area contributed by atoms with Crippen LogP contribution in [-0.4, -0.2) is 23.7 Å². The molecule has 51 heavy (non-hydrogen) atoms. The highest BCUT2D eigenvalue weighted by molar-refractivity contribution is 6.26. The van der Waals surface area contributed by atoms with Gasteiger partial charge in [0.15, 0.2) is 0 Å². The molecule has 5 nitrogen and oxygen atoms in total. The van der Waals surface area contributed by atoms with Gasteiger partial charge < -0.3 is 4.57 Å². The maximum absolute atomic E-state index is 5.46. The molecule has 0 atom stereocenters. The number of nitrogens with zero attached hydrogens (tertiary/aromatic N) is 5. The molecule has 0 aliphatic heterocycles. The lowest BCUT2D eigenvalue weighted by Gasteiger charge is -2.14. The Bertz CT molecular complexity index is 3080. The SMILES string of the molecule is c1ccc(-c2cc(-n3c4ccccc4c4ccccc43)nc(-n3c4ccccc4c4c3ccc3c5ccccc5n(-c5ccccc5)c34)n2)cc1. The number of fused-ring (bicyclic) bond motifs is 10. The van der Waals surface area contributed by atoms with Crippen molar-refractivity contribution in [1.29, 1.82) is 0 Å². The molecule has 0 amide bonds. The Morgan fingerprint density at radius 2 is 0.863 bits per heavy atom. The first-order valence-corrected chi connectivity index (χ1v) is 17.3. The minimum absolute atomic E-state index is 0.626. The van der Waals surface area contributed by atoms with Crippen molar-refractivity contribution in [1.82, 2.24) is 23.7 Å². The first-order valence-electron chi connectivity index (χ1n) is 17.3. The molecular formula is C46H29N5. The Morgan fingerprint density at radius 1 is 0.353 bits per heavy atom. The van der Waals surface area contributed by atoms with Crippen LogP contribution in [0, 0.1) is 0 Å². The molecule has 0 unspecified atom stereocenters. The maximum atomic E-state index is 5.46. The molecule has 4 aromatic heterocycles. The van der Waals surface area contributed by atoms with Crippen LogP contribution < -0.4 is 0 Å². The van der Waals surface area contributed by atoms with E-state index < -0.39 is 0 Å². The van der Waals surface area contributed by atoms with Crippen LogP contribution in [0.3, 0.4) is 0 Å². The van der Waals surface area contributed by atoms with Crippen LogP contribution in [0.4, 0.5) is 0 Å². The van der Waals surface area contributed by atoms with Gasteiger partial charge in [-0.05, 0) is 42.5 Å². The minimum atomic E-state index is 0.626. The summed E-state index contributed by atoms with van der Waals surface area (Å²) in [5, 5.41) is 7.17. The summed E-state index contributed by atoms with van der Waals surface area (Å²) in [5.41, 5.74) is 9.72. The van der Waals surface area contributed by atoms with E-state index in [-0.39, 0.29) is 0 Å². The molecule has 4 heterocycles. The highest BCUT2D eigenvalue weighted by atomic mass is 15.2. The van der Waals surface area contributed by atoms with Crippen LogP contribution in [0.2, 0.25) is 0 Å². The quantitative estimate of drug-likeness (QED) is 0.190. The van der Waals surface area contributed by atoms with Gasteiger partial charge in [-0.15, -0.1) is 0 Å². The summed E-state index contributed by atoms with van der Waals surface area (Å²) in [5.74, 6) is 1.45. The van der Waals surface area contributed by atoms with E-state index in [1.807, 2.05) is 6.07 Å². The predicted octanol–water partition coefficient (Wildman–Crippen LogP) is 11.4. The topological polar surface area (TPSA) is 40.6 Å². The number of para-hydroxylation sites is 5. The summed E-state index contributed by atoms with van der Waals surface area (Å²) in [7, 11) is 0. The molecule has 238 valence electrons. The fourth-order valence-electron chi connectivity index (χ4n) is 8.13. The van der Waals surface area contributed by atoms with Crippen molar-refractivity contribution >= 4 is 65.4 Å². The smallest absolute Gasteiger partial charge is 0.237 e. The van der Waals surface area contributed by atoms with Crippen LogP contribution in [0.25, 0.3) is 94.1 Å². The fraction of sp³-hybridized carbons (Fsp3) is 0. The van der Waals surface area contributed by atoms with Crippen LogP contribution in [0.1, 0.15) is 0 Å². The second-order valence-electron chi connectivity index (χ2n) is 13.0. The first-order chi connectivity index (χ1) is 25.3. The highest BCUT2D eigenvalue weighted by Crippen LogP contribution is 2.42. The monoisotopic (exact) mass is 651 g/mol. The zero-order chi connectivity index (χ0) is 33.5. The molecule has 0 aliphatic carbocycles. The summed E-state index contributed by atoms with van der Waals surface area (Å²) in [6.07, 6.45) is 0. The third-order valence-electron chi connectivity index (χ3n) is 10.3. The van der Waals surface area contributed by atoms with Crippen LogP contribution in [0.5, 0.6) is 0 Å². The van der Waals surface area contributed by atoms with Gasteiger partial charge in [-0.1, -0.05) is 127 Å². The zero-order valence-corrected chi connectivity index (χ0v) is 27.5. The van der Waals surface area contributed by atoms with Crippen molar-refractivity contribution in [2.45, 2.75) is 0 Å². The van der Waals surface area contributed by atoms with E-state index in [0.29, 0.717) is 5.95 Å². The molecule has 11 rings (SSSR count). The van der Waals surface area contributed by atoms with Gasteiger partial charge in [-0.2, -0.15) is 4.98 Å². The Balaban J connectivity index is 1.29. The number of aromatic nitrogens is 5. The Hall–Kier alpha value is -6.98. The largest absolute Gasteiger partial charge is 0.309 e.